The van der Waals surface area contributed by atoms with Gasteiger partial charge in [-0.25, -0.2) is 4.79 Å². The quantitative estimate of drug-likeness (QED) is 0.841. The van der Waals surface area contributed by atoms with Crippen LogP contribution in [0.1, 0.15) is 22.3 Å². The van der Waals surface area contributed by atoms with E-state index in [1.807, 2.05) is 0 Å². The van der Waals surface area contributed by atoms with E-state index in [2.05, 4.69) is 27.8 Å². The number of carboxylic acid groups (broad SMARTS) is 1. The van der Waals surface area contributed by atoms with Crippen LogP contribution < -0.4 is 5.32 Å². The average molecular weight is 366 g/mol. The second kappa shape index (κ2) is 6.75. The second-order valence-corrected chi connectivity index (χ2v) is 5.29. The first-order valence-electron chi connectivity index (χ1n) is 5.65. The number of nitrogens with one attached hydrogen (secondary N) is 1. The van der Waals surface area contributed by atoms with Crippen LogP contribution in [0, 0.1) is 0 Å². The van der Waals surface area contributed by atoms with Gasteiger partial charge in [-0.2, -0.15) is 13.2 Å². The zero-order chi connectivity index (χ0) is 16.2. The molecule has 0 saturated heterocycles. The number of carboxylic acids is 1. The molecule has 0 aliphatic rings. The fourth-order valence-electron chi connectivity index (χ4n) is 1.50. The Morgan fingerprint density at radius 2 is 2.00 bits per heavy atom. The van der Waals surface area contributed by atoms with Gasteiger partial charge in [0.1, 0.15) is 6.04 Å². The molecule has 1 amide bonds. The van der Waals surface area contributed by atoms with Crippen LogP contribution in [0.25, 0.3) is 0 Å². The molecule has 8 heteroatoms. The summed E-state index contributed by atoms with van der Waals surface area (Å²) >= 11 is 2.97. The number of carbonyl (C=O) groups is 2. The number of halogens is 4. The third kappa shape index (κ3) is 5.22. The molecule has 0 spiro atoms. The Morgan fingerprint density at radius 1 is 1.38 bits per heavy atom. The minimum Gasteiger partial charge on any atom is -0.480 e. The maximum absolute atomic E-state index is 12.6. The number of benzene rings is 1. The molecule has 0 aliphatic carbocycles. The lowest BCUT2D eigenvalue weighted by atomic mass is 10.1. The highest BCUT2D eigenvalue weighted by Gasteiger charge is 2.31. The lowest BCUT2D eigenvalue weighted by Crippen LogP contribution is -2.40. The van der Waals surface area contributed by atoms with E-state index in [0.29, 0.717) is 10.5 Å². The van der Waals surface area contributed by atoms with Gasteiger partial charge in [0.05, 0.1) is 5.56 Å². The first kappa shape index (κ1) is 17.2. The number of alkyl halides is 3. The molecule has 0 aliphatic heterocycles. The summed E-state index contributed by atoms with van der Waals surface area (Å²) in [6.45, 7) is 3.46. The number of rotatable bonds is 5. The zero-order valence-electron chi connectivity index (χ0n) is 10.6. The minimum atomic E-state index is -4.58. The van der Waals surface area contributed by atoms with Crippen molar-refractivity contribution in [2.75, 3.05) is 0 Å². The lowest BCUT2D eigenvalue weighted by molar-refractivity contribution is -0.139. The molecule has 1 aromatic carbocycles. The highest BCUT2D eigenvalue weighted by Crippen LogP contribution is 2.29. The summed E-state index contributed by atoms with van der Waals surface area (Å²) in [5.74, 6) is -2.21. The van der Waals surface area contributed by atoms with Gasteiger partial charge in [0, 0.05) is 12.0 Å². The largest absolute Gasteiger partial charge is 0.480 e. The van der Waals surface area contributed by atoms with Gasteiger partial charge >= 0.3 is 12.1 Å². The number of carbonyl (C=O) groups excluding carboxylic acids is 1. The molecule has 0 unspecified atom stereocenters. The van der Waals surface area contributed by atoms with Crippen molar-refractivity contribution in [2.24, 2.45) is 0 Å². The molecule has 0 heterocycles. The van der Waals surface area contributed by atoms with E-state index < -0.39 is 29.7 Å². The normalized spacial score (nSPS) is 12.6. The topological polar surface area (TPSA) is 66.4 Å². The number of hydrogen-bond acceptors (Lipinski definition) is 2. The zero-order valence-corrected chi connectivity index (χ0v) is 12.2. The van der Waals surface area contributed by atoms with Gasteiger partial charge in [0.2, 0.25) is 0 Å². The molecule has 0 bridgehead atoms. The van der Waals surface area contributed by atoms with E-state index in [1.165, 1.54) is 6.07 Å². The van der Waals surface area contributed by atoms with E-state index in [1.54, 1.807) is 0 Å². The van der Waals surface area contributed by atoms with Gasteiger partial charge < -0.3 is 10.4 Å². The van der Waals surface area contributed by atoms with Gasteiger partial charge in [-0.15, -0.1) is 0 Å². The van der Waals surface area contributed by atoms with Crippen LogP contribution in [-0.4, -0.2) is 23.0 Å². The molecule has 114 valence electrons. The number of aliphatic carboxylic acids is 1. The fraction of sp³-hybridized carbons (Fsp3) is 0.231. The van der Waals surface area contributed by atoms with Crippen LogP contribution in [0.2, 0.25) is 0 Å². The molecule has 21 heavy (non-hydrogen) atoms. The summed E-state index contributed by atoms with van der Waals surface area (Å²) in [6.07, 6.45) is -4.66. The molecule has 2 N–H and O–H groups in total. The monoisotopic (exact) mass is 365 g/mol. The third-order valence-corrected chi connectivity index (χ3v) is 2.80. The van der Waals surface area contributed by atoms with Gasteiger partial charge in [-0.1, -0.05) is 28.6 Å². The van der Waals surface area contributed by atoms with Crippen molar-refractivity contribution in [3.05, 3.63) is 46.5 Å². The van der Waals surface area contributed by atoms with Gasteiger partial charge in [0.25, 0.3) is 5.91 Å². The van der Waals surface area contributed by atoms with Crippen molar-refractivity contribution >= 4 is 27.8 Å². The van der Waals surface area contributed by atoms with E-state index in [0.717, 1.165) is 12.1 Å². The van der Waals surface area contributed by atoms with Gasteiger partial charge in [0.15, 0.2) is 0 Å². The van der Waals surface area contributed by atoms with Gasteiger partial charge in [-0.3, -0.25) is 4.79 Å². The summed E-state index contributed by atoms with van der Waals surface area (Å²) in [7, 11) is 0. The third-order valence-electron chi connectivity index (χ3n) is 2.48. The molecular formula is C13H11BrF3NO3. The highest BCUT2D eigenvalue weighted by atomic mass is 79.9. The minimum absolute atomic E-state index is 0.0833. The first-order chi connectivity index (χ1) is 9.61. The standard InChI is InChI=1S/C13H11BrF3NO3/c1-7(14)5-10(12(20)21)18-11(19)8-3-2-4-9(6-8)13(15,16)17/h2-4,6,10H,1,5H2,(H,18,19)(H,20,21)/t10-/m1/s1. The van der Waals surface area contributed by atoms with Crippen LogP contribution in [-0.2, 0) is 11.0 Å². The van der Waals surface area contributed by atoms with Crippen molar-refractivity contribution in [2.45, 2.75) is 18.6 Å². The lowest BCUT2D eigenvalue weighted by Gasteiger charge is -2.14. The Hall–Kier alpha value is -1.83. The number of amides is 1. The van der Waals surface area contributed by atoms with Crippen molar-refractivity contribution in [3.63, 3.8) is 0 Å². The Morgan fingerprint density at radius 3 is 2.48 bits per heavy atom. The predicted octanol–water partition coefficient (Wildman–Crippen LogP) is 3.19. The summed E-state index contributed by atoms with van der Waals surface area (Å²) in [4.78, 5) is 22.8. The van der Waals surface area contributed by atoms with Crippen LogP contribution in [0.15, 0.2) is 35.3 Å². The van der Waals surface area contributed by atoms with E-state index >= 15 is 0 Å². The smallest absolute Gasteiger partial charge is 0.416 e. The second-order valence-electron chi connectivity index (χ2n) is 4.16. The van der Waals surface area contributed by atoms with Crippen LogP contribution in [0.4, 0.5) is 13.2 Å². The van der Waals surface area contributed by atoms with Gasteiger partial charge in [-0.05, 0) is 22.7 Å². The van der Waals surface area contributed by atoms with E-state index in [-0.39, 0.29) is 12.0 Å². The molecule has 0 aromatic heterocycles. The van der Waals surface area contributed by atoms with Crippen LogP contribution in [0.3, 0.4) is 0 Å². The summed E-state index contributed by atoms with van der Waals surface area (Å²) in [5, 5.41) is 11.1. The maximum Gasteiger partial charge on any atom is 0.416 e. The van der Waals surface area contributed by atoms with Crippen molar-refractivity contribution in [3.8, 4) is 0 Å². The van der Waals surface area contributed by atoms with Crippen molar-refractivity contribution in [1.82, 2.24) is 5.32 Å². The Labute approximate surface area is 126 Å². The molecule has 0 fully saturated rings. The molecule has 0 radical (unpaired) electrons. The fourth-order valence-corrected chi connectivity index (χ4v) is 1.82. The van der Waals surface area contributed by atoms with Crippen LogP contribution in [0.5, 0.6) is 0 Å². The average Bonchev–Trinajstić information content (AvgIpc) is 2.36. The van der Waals surface area contributed by atoms with Crippen molar-refractivity contribution < 1.29 is 27.9 Å². The Kier molecular flexibility index (Phi) is 5.54. The van der Waals surface area contributed by atoms with Crippen LogP contribution >= 0.6 is 15.9 Å². The van der Waals surface area contributed by atoms with E-state index in [9.17, 15) is 22.8 Å². The highest BCUT2D eigenvalue weighted by molar-refractivity contribution is 9.11. The Balaban J connectivity index is 2.93. The SMILES string of the molecule is C=C(Br)C[C@@H](NC(=O)c1cccc(C(F)(F)F)c1)C(=O)O. The molecule has 1 aromatic rings. The molecule has 1 atom stereocenters. The summed E-state index contributed by atoms with van der Waals surface area (Å²) in [6, 6.07) is 2.46. The first-order valence-corrected chi connectivity index (χ1v) is 6.44. The molecule has 4 nitrogen and oxygen atoms in total. The van der Waals surface area contributed by atoms with Crippen molar-refractivity contribution in [1.29, 1.82) is 0 Å². The summed E-state index contributed by atoms with van der Waals surface area (Å²) < 4.78 is 38.0. The predicted molar refractivity (Wildman–Crippen MR) is 73.0 cm³/mol. The van der Waals surface area contributed by atoms with E-state index in [4.69, 9.17) is 5.11 Å². The summed E-state index contributed by atoms with van der Waals surface area (Å²) in [5.41, 5.74) is -1.25. The Bertz CT molecular complexity index is 572. The number of hydrogen-bond donors (Lipinski definition) is 2. The maximum atomic E-state index is 12.6. The molecular weight excluding hydrogens is 355 g/mol. The molecule has 1 rings (SSSR count). The molecule has 0 saturated carbocycles.